The molecule has 0 aliphatic carbocycles. The fourth-order valence-corrected chi connectivity index (χ4v) is 7.98. The molecule has 0 bridgehead atoms. The van der Waals surface area contributed by atoms with Crippen LogP contribution in [0.1, 0.15) is 83.5 Å². The van der Waals surface area contributed by atoms with Crippen molar-refractivity contribution in [3.63, 3.8) is 0 Å². The van der Waals surface area contributed by atoms with Gasteiger partial charge in [0.1, 0.15) is 11.8 Å². The minimum Gasteiger partial charge on any atom is -0.494 e. The van der Waals surface area contributed by atoms with Gasteiger partial charge in [0.2, 0.25) is 11.8 Å². The van der Waals surface area contributed by atoms with Crippen molar-refractivity contribution in [3.05, 3.63) is 95.3 Å². The summed E-state index contributed by atoms with van der Waals surface area (Å²) < 4.78 is 35.3. The standard InChI is InChI=1S/C40H37F2N5O5/c1-23-28-8-5-24(25-6-9-29-32-22-43-15-13-33(32)46(40(41)42)35(29)20-25)19-26(28)14-17-45(23)16-3-2-4-18-52-27-7-10-30-31(21-27)39(51)47(38(30)50)34-11-12-36(48)44-37(34)49/h5-10,13,15,19-23,34,40H,2-4,11-12,14,16-18H2,1H3,(H,44,48,49). The molecule has 10 nitrogen and oxygen atoms in total. The first-order valence-corrected chi connectivity index (χ1v) is 17.7. The Morgan fingerprint density at radius 3 is 2.50 bits per heavy atom. The van der Waals surface area contributed by atoms with E-state index in [0.717, 1.165) is 64.8 Å². The van der Waals surface area contributed by atoms with Crippen molar-refractivity contribution in [3.8, 4) is 16.9 Å². The minimum atomic E-state index is -2.66. The summed E-state index contributed by atoms with van der Waals surface area (Å²) in [6.45, 7) is 1.89. The lowest BCUT2D eigenvalue weighted by Gasteiger charge is -2.35. The number of rotatable bonds is 10. The van der Waals surface area contributed by atoms with Crippen LogP contribution in [0.5, 0.6) is 5.75 Å². The van der Waals surface area contributed by atoms with E-state index in [9.17, 15) is 28.0 Å². The molecule has 1 N–H and O–H groups in total. The molecule has 2 unspecified atom stereocenters. The number of unbranched alkanes of at least 4 members (excludes halogenated alkanes) is 2. The second-order valence-electron chi connectivity index (χ2n) is 13.7. The number of aromatic nitrogens is 2. The first-order chi connectivity index (χ1) is 25.2. The smallest absolute Gasteiger partial charge is 0.319 e. The molecule has 5 heterocycles. The van der Waals surface area contributed by atoms with E-state index >= 15 is 0 Å². The monoisotopic (exact) mass is 705 g/mol. The number of halogens is 2. The highest BCUT2D eigenvalue weighted by Gasteiger charge is 2.44. The minimum absolute atomic E-state index is 0.0716. The molecule has 1 fully saturated rings. The van der Waals surface area contributed by atoms with Gasteiger partial charge in [0.25, 0.3) is 11.8 Å². The molecule has 12 heteroatoms. The number of nitrogens with one attached hydrogen (secondary N) is 1. The van der Waals surface area contributed by atoms with Crippen molar-refractivity contribution >= 4 is 45.4 Å². The summed E-state index contributed by atoms with van der Waals surface area (Å²) in [6.07, 6.45) is 7.03. The largest absolute Gasteiger partial charge is 0.494 e. The lowest BCUT2D eigenvalue weighted by atomic mass is 9.90. The highest BCUT2D eigenvalue weighted by molar-refractivity contribution is 6.23. The fourth-order valence-electron chi connectivity index (χ4n) is 7.98. The van der Waals surface area contributed by atoms with Crippen LogP contribution in [-0.4, -0.2) is 68.7 Å². The molecule has 5 aromatic rings. The lowest BCUT2D eigenvalue weighted by molar-refractivity contribution is -0.136. The van der Waals surface area contributed by atoms with Crippen molar-refractivity contribution in [1.29, 1.82) is 0 Å². The summed E-state index contributed by atoms with van der Waals surface area (Å²) in [5, 5.41) is 3.68. The number of ether oxygens (including phenoxy) is 1. The average Bonchev–Trinajstić information content (AvgIpc) is 3.60. The first kappa shape index (κ1) is 33.6. The zero-order chi connectivity index (χ0) is 36.1. The maximum absolute atomic E-state index is 14.2. The molecule has 52 heavy (non-hydrogen) atoms. The Morgan fingerprint density at radius 2 is 1.67 bits per heavy atom. The van der Waals surface area contributed by atoms with Gasteiger partial charge in [0, 0.05) is 42.2 Å². The molecule has 8 rings (SSSR count). The number of amides is 4. The van der Waals surface area contributed by atoms with Crippen LogP contribution in [0.2, 0.25) is 0 Å². The van der Waals surface area contributed by atoms with Crippen LogP contribution in [0.4, 0.5) is 8.78 Å². The van der Waals surface area contributed by atoms with E-state index in [1.807, 2.05) is 18.2 Å². The first-order valence-electron chi connectivity index (χ1n) is 17.7. The summed E-state index contributed by atoms with van der Waals surface area (Å²) in [4.78, 5) is 57.5. The third kappa shape index (κ3) is 5.90. The van der Waals surface area contributed by atoms with Crippen LogP contribution in [-0.2, 0) is 16.0 Å². The normalized spacial score (nSPS) is 19.1. The molecule has 3 aliphatic rings. The lowest BCUT2D eigenvalue weighted by Crippen LogP contribution is -2.54. The van der Waals surface area contributed by atoms with Crippen LogP contribution in [0.25, 0.3) is 32.9 Å². The molecule has 0 radical (unpaired) electrons. The highest BCUT2D eigenvalue weighted by atomic mass is 19.3. The molecule has 2 atom stereocenters. The van der Waals surface area contributed by atoms with Crippen LogP contribution in [0.3, 0.4) is 0 Å². The molecule has 0 saturated carbocycles. The van der Waals surface area contributed by atoms with Gasteiger partial charge in [-0.25, -0.2) is 0 Å². The number of fused-ring (bicyclic) bond motifs is 5. The summed E-state index contributed by atoms with van der Waals surface area (Å²) in [5.41, 5.74) is 5.88. The van der Waals surface area contributed by atoms with Gasteiger partial charge in [-0.2, -0.15) is 8.78 Å². The van der Waals surface area contributed by atoms with E-state index in [0.29, 0.717) is 28.8 Å². The van der Waals surface area contributed by atoms with Crippen LogP contribution >= 0.6 is 0 Å². The van der Waals surface area contributed by atoms with E-state index in [4.69, 9.17) is 4.74 Å². The zero-order valence-corrected chi connectivity index (χ0v) is 28.6. The number of carbonyl (C=O) groups is 4. The maximum Gasteiger partial charge on any atom is 0.319 e. The van der Waals surface area contributed by atoms with E-state index in [-0.39, 0.29) is 30.0 Å². The van der Waals surface area contributed by atoms with E-state index < -0.39 is 36.2 Å². The molecule has 2 aromatic heterocycles. The number of carbonyl (C=O) groups excluding carboxylic acids is 4. The van der Waals surface area contributed by atoms with E-state index in [1.54, 1.807) is 36.7 Å². The third-order valence-corrected chi connectivity index (χ3v) is 10.7. The van der Waals surface area contributed by atoms with E-state index in [2.05, 4.69) is 40.3 Å². The quantitative estimate of drug-likeness (QED) is 0.125. The molecular formula is C40H37F2N5O5. The second-order valence-corrected chi connectivity index (χ2v) is 13.7. The van der Waals surface area contributed by atoms with Crippen molar-refractivity contribution in [2.24, 2.45) is 0 Å². The molecule has 3 aromatic carbocycles. The highest BCUT2D eigenvalue weighted by Crippen LogP contribution is 2.37. The Kier molecular flexibility index (Phi) is 8.78. The SMILES string of the molecule is CC1c2ccc(-c3ccc4c5cnccc5n(C(F)F)c4c3)cc2CCN1CCCCCOc1ccc2c(c1)C(=O)N(C1CCC(=O)NC1=O)C2=O. The number of nitrogens with zero attached hydrogens (tertiary/aromatic N) is 4. The van der Waals surface area contributed by atoms with Gasteiger partial charge in [-0.1, -0.05) is 30.3 Å². The van der Waals surface area contributed by atoms with Gasteiger partial charge in [0.05, 0.1) is 28.8 Å². The Morgan fingerprint density at radius 1 is 0.865 bits per heavy atom. The number of benzene rings is 3. The van der Waals surface area contributed by atoms with Gasteiger partial charge in [0.15, 0.2) is 0 Å². The summed E-state index contributed by atoms with van der Waals surface area (Å²) in [6, 6.07) is 17.9. The number of hydrogen-bond acceptors (Lipinski definition) is 7. The number of alkyl halides is 2. The molecule has 1 saturated heterocycles. The van der Waals surface area contributed by atoms with Crippen molar-refractivity contribution in [1.82, 2.24) is 24.7 Å². The predicted octanol–water partition coefficient (Wildman–Crippen LogP) is 6.82. The number of pyridine rings is 1. The molecule has 3 aliphatic heterocycles. The third-order valence-electron chi connectivity index (χ3n) is 10.7. The Hall–Kier alpha value is -5.49. The summed E-state index contributed by atoms with van der Waals surface area (Å²) >= 11 is 0. The second kappa shape index (κ2) is 13.6. The topological polar surface area (TPSA) is 114 Å². The molecular weight excluding hydrogens is 668 g/mol. The van der Waals surface area contributed by atoms with Crippen molar-refractivity contribution in [2.75, 3.05) is 19.7 Å². The number of piperidine rings is 1. The van der Waals surface area contributed by atoms with Crippen LogP contribution in [0.15, 0.2) is 73.1 Å². The van der Waals surface area contributed by atoms with Crippen LogP contribution in [0, 0.1) is 0 Å². The fraction of sp³-hybridized carbons (Fsp3) is 0.325. The average molecular weight is 706 g/mol. The Labute approximate surface area is 298 Å². The van der Waals surface area contributed by atoms with Crippen molar-refractivity contribution in [2.45, 2.75) is 64.1 Å². The molecule has 4 amide bonds. The van der Waals surface area contributed by atoms with Crippen LogP contribution < -0.4 is 10.1 Å². The number of hydrogen-bond donors (Lipinski definition) is 1. The van der Waals surface area contributed by atoms with Gasteiger partial charge < -0.3 is 4.74 Å². The Bertz CT molecular complexity index is 2270. The van der Waals surface area contributed by atoms with E-state index in [1.165, 1.54) is 11.1 Å². The maximum atomic E-state index is 14.2. The van der Waals surface area contributed by atoms with Gasteiger partial charge in [-0.05, 0) is 98.2 Å². The predicted molar refractivity (Wildman–Crippen MR) is 190 cm³/mol. The zero-order valence-electron chi connectivity index (χ0n) is 28.6. The molecule has 266 valence electrons. The number of imide groups is 2. The summed E-state index contributed by atoms with van der Waals surface area (Å²) in [5.74, 6) is -1.65. The van der Waals surface area contributed by atoms with Gasteiger partial charge >= 0.3 is 6.55 Å². The van der Waals surface area contributed by atoms with Gasteiger partial charge in [-0.3, -0.25) is 43.8 Å². The Balaban J connectivity index is 0.845. The van der Waals surface area contributed by atoms with Gasteiger partial charge in [-0.15, -0.1) is 0 Å². The summed E-state index contributed by atoms with van der Waals surface area (Å²) in [7, 11) is 0. The molecule has 0 spiro atoms. The van der Waals surface area contributed by atoms with Crippen molar-refractivity contribution < 1.29 is 32.7 Å².